The van der Waals surface area contributed by atoms with Crippen LogP contribution in [0.25, 0.3) is 0 Å². The van der Waals surface area contributed by atoms with Gasteiger partial charge in [0.1, 0.15) is 0 Å². The SMILES string of the molecule is Cl.NCCC(=O)N1CCCC1c1cccc(Br)c1. The summed E-state index contributed by atoms with van der Waals surface area (Å²) in [6.07, 6.45) is 2.57. The van der Waals surface area contributed by atoms with E-state index in [2.05, 4.69) is 28.1 Å². The highest BCUT2D eigenvalue weighted by atomic mass is 79.9. The van der Waals surface area contributed by atoms with Crippen molar-refractivity contribution in [3.63, 3.8) is 0 Å². The van der Waals surface area contributed by atoms with E-state index in [1.165, 1.54) is 5.56 Å². The first-order valence-corrected chi connectivity index (χ1v) is 6.76. The second-order valence-corrected chi connectivity index (χ2v) is 5.25. The molecule has 3 nitrogen and oxygen atoms in total. The van der Waals surface area contributed by atoms with Crippen molar-refractivity contribution in [1.29, 1.82) is 0 Å². The molecule has 1 fully saturated rings. The van der Waals surface area contributed by atoms with Crippen LogP contribution in [0.3, 0.4) is 0 Å². The molecule has 1 aliphatic rings. The number of rotatable bonds is 3. The maximum Gasteiger partial charge on any atom is 0.224 e. The standard InChI is InChI=1S/C13H17BrN2O.ClH/c14-11-4-1-3-10(9-11)12-5-2-8-16(12)13(17)6-7-15;/h1,3-4,9,12H,2,5-8,15H2;1H. The third kappa shape index (κ3) is 3.46. The minimum atomic E-state index is 0. The largest absolute Gasteiger partial charge is 0.336 e. The summed E-state index contributed by atoms with van der Waals surface area (Å²) < 4.78 is 1.06. The third-order valence-electron chi connectivity index (χ3n) is 3.16. The van der Waals surface area contributed by atoms with Gasteiger partial charge in [0.05, 0.1) is 6.04 Å². The molecular weight excluding hydrogens is 316 g/mol. The molecular formula is C13H18BrClN2O. The molecule has 1 heterocycles. The molecule has 0 aromatic heterocycles. The average molecular weight is 334 g/mol. The molecule has 0 spiro atoms. The Balaban J connectivity index is 0.00000162. The molecule has 0 aliphatic carbocycles. The third-order valence-corrected chi connectivity index (χ3v) is 3.66. The van der Waals surface area contributed by atoms with Gasteiger partial charge in [0.15, 0.2) is 0 Å². The van der Waals surface area contributed by atoms with Crippen molar-refractivity contribution in [2.24, 2.45) is 5.73 Å². The maximum absolute atomic E-state index is 11.9. The summed E-state index contributed by atoms with van der Waals surface area (Å²) >= 11 is 3.47. The molecule has 1 saturated heterocycles. The molecule has 1 aromatic carbocycles. The Labute approximate surface area is 122 Å². The zero-order valence-electron chi connectivity index (χ0n) is 10.1. The topological polar surface area (TPSA) is 46.3 Å². The molecule has 0 radical (unpaired) electrons. The Hall–Kier alpha value is -0.580. The van der Waals surface area contributed by atoms with Crippen molar-refractivity contribution in [1.82, 2.24) is 4.90 Å². The van der Waals surface area contributed by atoms with Gasteiger partial charge in [0.25, 0.3) is 0 Å². The van der Waals surface area contributed by atoms with E-state index in [1.54, 1.807) is 0 Å². The summed E-state index contributed by atoms with van der Waals surface area (Å²) in [6.45, 7) is 1.29. The zero-order valence-corrected chi connectivity index (χ0v) is 12.5. The number of hydrogen-bond donors (Lipinski definition) is 1. The number of benzene rings is 1. The van der Waals surface area contributed by atoms with Crippen LogP contribution in [0.1, 0.15) is 30.9 Å². The molecule has 2 rings (SSSR count). The lowest BCUT2D eigenvalue weighted by Crippen LogP contribution is -2.31. The number of halogens is 2. The number of carbonyl (C=O) groups excluding carboxylic acids is 1. The van der Waals surface area contributed by atoms with Gasteiger partial charge in [-0.05, 0) is 30.5 Å². The van der Waals surface area contributed by atoms with Gasteiger partial charge in [0.2, 0.25) is 5.91 Å². The summed E-state index contributed by atoms with van der Waals surface area (Å²) in [5, 5.41) is 0. The van der Waals surface area contributed by atoms with E-state index < -0.39 is 0 Å². The predicted molar refractivity (Wildman–Crippen MR) is 78.7 cm³/mol. The van der Waals surface area contributed by atoms with Gasteiger partial charge in [-0.15, -0.1) is 12.4 Å². The highest BCUT2D eigenvalue weighted by Gasteiger charge is 2.29. The lowest BCUT2D eigenvalue weighted by atomic mass is 10.0. The molecule has 0 saturated carbocycles. The van der Waals surface area contributed by atoms with Crippen LogP contribution >= 0.6 is 28.3 Å². The Kier molecular flexibility index (Phi) is 6.12. The van der Waals surface area contributed by atoms with Crippen LogP contribution in [-0.2, 0) is 4.79 Å². The fourth-order valence-electron chi connectivity index (χ4n) is 2.39. The Morgan fingerprint density at radius 2 is 2.28 bits per heavy atom. The maximum atomic E-state index is 11.9. The molecule has 1 aromatic rings. The fraction of sp³-hybridized carbons (Fsp3) is 0.462. The Bertz CT molecular complexity index is 414. The van der Waals surface area contributed by atoms with E-state index in [9.17, 15) is 4.79 Å². The average Bonchev–Trinajstić information content (AvgIpc) is 2.78. The van der Waals surface area contributed by atoms with E-state index in [-0.39, 0.29) is 24.4 Å². The first-order chi connectivity index (χ1) is 8.22. The van der Waals surface area contributed by atoms with Crippen LogP contribution in [-0.4, -0.2) is 23.9 Å². The normalized spacial score (nSPS) is 18.6. The van der Waals surface area contributed by atoms with Gasteiger partial charge in [-0.25, -0.2) is 0 Å². The lowest BCUT2D eigenvalue weighted by Gasteiger charge is -2.25. The summed E-state index contributed by atoms with van der Waals surface area (Å²) in [5.41, 5.74) is 6.66. The number of nitrogens with two attached hydrogens (primary N) is 1. The summed E-state index contributed by atoms with van der Waals surface area (Å²) in [7, 11) is 0. The summed E-state index contributed by atoms with van der Waals surface area (Å²) in [6, 6.07) is 8.43. The van der Waals surface area contributed by atoms with Gasteiger partial charge >= 0.3 is 0 Å². The van der Waals surface area contributed by atoms with Crippen molar-refractivity contribution in [2.75, 3.05) is 13.1 Å². The summed E-state index contributed by atoms with van der Waals surface area (Å²) in [4.78, 5) is 13.9. The minimum Gasteiger partial charge on any atom is -0.336 e. The van der Waals surface area contributed by atoms with Crippen LogP contribution in [0.4, 0.5) is 0 Å². The monoisotopic (exact) mass is 332 g/mol. The van der Waals surface area contributed by atoms with E-state index >= 15 is 0 Å². The number of carbonyl (C=O) groups is 1. The van der Waals surface area contributed by atoms with Crippen LogP contribution < -0.4 is 5.73 Å². The van der Waals surface area contributed by atoms with Gasteiger partial charge in [-0.1, -0.05) is 28.1 Å². The van der Waals surface area contributed by atoms with Crippen LogP contribution in [0, 0.1) is 0 Å². The smallest absolute Gasteiger partial charge is 0.224 e. The molecule has 1 aliphatic heterocycles. The van der Waals surface area contributed by atoms with E-state index in [0.717, 1.165) is 23.9 Å². The Morgan fingerprint density at radius 1 is 1.50 bits per heavy atom. The second-order valence-electron chi connectivity index (χ2n) is 4.34. The molecule has 1 amide bonds. The Morgan fingerprint density at radius 3 is 2.94 bits per heavy atom. The predicted octanol–water partition coefficient (Wildman–Crippen LogP) is 2.88. The van der Waals surface area contributed by atoms with Crippen LogP contribution in [0.2, 0.25) is 0 Å². The van der Waals surface area contributed by atoms with Crippen LogP contribution in [0.5, 0.6) is 0 Å². The molecule has 5 heteroatoms. The highest BCUT2D eigenvalue weighted by Crippen LogP contribution is 2.33. The van der Waals surface area contributed by atoms with Crippen molar-refractivity contribution in [3.8, 4) is 0 Å². The molecule has 2 N–H and O–H groups in total. The van der Waals surface area contributed by atoms with Gasteiger partial charge in [-0.2, -0.15) is 0 Å². The summed E-state index contributed by atoms with van der Waals surface area (Å²) in [5.74, 6) is 0.176. The molecule has 0 bridgehead atoms. The van der Waals surface area contributed by atoms with Crippen molar-refractivity contribution in [2.45, 2.75) is 25.3 Å². The zero-order chi connectivity index (χ0) is 12.3. The van der Waals surface area contributed by atoms with E-state index in [0.29, 0.717) is 13.0 Å². The van der Waals surface area contributed by atoms with Crippen molar-refractivity contribution < 1.29 is 4.79 Å². The highest BCUT2D eigenvalue weighted by molar-refractivity contribution is 9.10. The first-order valence-electron chi connectivity index (χ1n) is 5.97. The molecule has 1 unspecified atom stereocenters. The lowest BCUT2D eigenvalue weighted by molar-refractivity contribution is -0.131. The fourth-order valence-corrected chi connectivity index (χ4v) is 2.81. The second kappa shape index (κ2) is 7.12. The van der Waals surface area contributed by atoms with Crippen molar-refractivity contribution in [3.05, 3.63) is 34.3 Å². The molecule has 1 atom stereocenters. The molecule has 18 heavy (non-hydrogen) atoms. The minimum absolute atomic E-state index is 0. The van der Waals surface area contributed by atoms with Gasteiger partial charge < -0.3 is 10.6 Å². The number of amides is 1. The van der Waals surface area contributed by atoms with Gasteiger partial charge in [-0.3, -0.25) is 4.79 Å². The van der Waals surface area contributed by atoms with E-state index in [4.69, 9.17) is 5.73 Å². The first kappa shape index (κ1) is 15.5. The number of nitrogens with zero attached hydrogens (tertiary/aromatic N) is 1. The van der Waals surface area contributed by atoms with E-state index in [1.807, 2.05) is 17.0 Å². The van der Waals surface area contributed by atoms with Crippen molar-refractivity contribution >= 4 is 34.2 Å². The van der Waals surface area contributed by atoms with Gasteiger partial charge in [0, 0.05) is 24.0 Å². The quantitative estimate of drug-likeness (QED) is 0.924. The van der Waals surface area contributed by atoms with Crippen LogP contribution in [0.15, 0.2) is 28.7 Å². The molecule has 100 valence electrons. The number of likely N-dealkylation sites (tertiary alicyclic amines) is 1. The number of hydrogen-bond acceptors (Lipinski definition) is 2.